The van der Waals surface area contributed by atoms with Crippen LogP contribution in [0.1, 0.15) is 33.1 Å². The van der Waals surface area contributed by atoms with E-state index in [1.54, 1.807) is 13.0 Å². The summed E-state index contributed by atoms with van der Waals surface area (Å²) in [6.07, 6.45) is 3.12. The van der Waals surface area contributed by atoms with Crippen LogP contribution in [0, 0.1) is 5.92 Å². The van der Waals surface area contributed by atoms with Crippen molar-refractivity contribution in [1.82, 2.24) is 0 Å². The molecule has 1 heterocycles. The fourth-order valence-corrected chi connectivity index (χ4v) is 2.58. The van der Waals surface area contributed by atoms with Crippen LogP contribution in [0.25, 0.3) is 0 Å². The molecule has 0 saturated carbocycles. The summed E-state index contributed by atoms with van der Waals surface area (Å²) in [6, 6.07) is -0.182. The van der Waals surface area contributed by atoms with Crippen LogP contribution in [0.3, 0.4) is 0 Å². The van der Waals surface area contributed by atoms with Crippen molar-refractivity contribution >= 4 is 11.7 Å². The van der Waals surface area contributed by atoms with Crippen molar-refractivity contribution in [2.75, 3.05) is 6.61 Å². The normalized spacial score (nSPS) is 26.4. The average molecular weight is 265 g/mol. The minimum Gasteiger partial charge on any atom is -0.513 e. The molecule has 0 spiro atoms. The van der Waals surface area contributed by atoms with Crippen molar-refractivity contribution in [1.29, 1.82) is 0 Å². The Kier molecular flexibility index (Phi) is 3.93. The van der Waals surface area contributed by atoms with Gasteiger partial charge in [-0.2, -0.15) is 0 Å². The van der Waals surface area contributed by atoms with E-state index in [0.29, 0.717) is 30.7 Å². The smallest absolute Gasteiger partial charge is 0.343 e. The highest BCUT2D eigenvalue weighted by Gasteiger charge is 2.37. The van der Waals surface area contributed by atoms with Gasteiger partial charge in [-0.3, -0.25) is 4.99 Å². The maximum Gasteiger partial charge on any atom is 0.343 e. The summed E-state index contributed by atoms with van der Waals surface area (Å²) in [5, 5.41) is 19.9. The lowest BCUT2D eigenvalue weighted by Gasteiger charge is -2.32. The van der Waals surface area contributed by atoms with Crippen LogP contribution in [0.2, 0.25) is 0 Å². The SMILES string of the molecule is CCOC(=O)C1=C(O)C2CC=C(O)CC2N=C1CC. The lowest BCUT2D eigenvalue weighted by molar-refractivity contribution is -0.138. The van der Waals surface area contributed by atoms with Crippen LogP contribution in [-0.4, -0.2) is 34.5 Å². The van der Waals surface area contributed by atoms with Crippen molar-refractivity contribution in [2.45, 2.75) is 39.2 Å². The Balaban J connectivity index is 2.38. The van der Waals surface area contributed by atoms with Gasteiger partial charge in [0.1, 0.15) is 11.3 Å². The van der Waals surface area contributed by atoms with Crippen molar-refractivity contribution in [3.05, 3.63) is 23.2 Å². The summed E-state index contributed by atoms with van der Waals surface area (Å²) < 4.78 is 4.98. The van der Waals surface area contributed by atoms with Gasteiger partial charge in [-0.05, 0) is 25.8 Å². The summed E-state index contributed by atoms with van der Waals surface area (Å²) in [4.78, 5) is 16.4. The molecule has 19 heavy (non-hydrogen) atoms. The second-order valence-corrected chi connectivity index (χ2v) is 4.72. The first-order valence-corrected chi connectivity index (χ1v) is 6.63. The molecule has 0 amide bonds. The van der Waals surface area contributed by atoms with Gasteiger partial charge in [0.25, 0.3) is 0 Å². The van der Waals surface area contributed by atoms with E-state index in [9.17, 15) is 15.0 Å². The van der Waals surface area contributed by atoms with Gasteiger partial charge >= 0.3 is 5.97 Å². The van der Waals surface area contributed by atoms with Crippen LogP contribution in [0.5, 0.6) is 0 Å². The quantitative estimate of drug-likeness (QED) is 0.768. The van der Waals surface area contributed by atoms with E-state index in [1.165, 1.54) is 0 Å². The molecule has 0 bridgehead atoms. The largest absolute Gasteiger partial charge is 0.513 e. The predicted octanol–water partition coefficient (Wildman–Crippen LogP) is 2.45. The summed E-state index contributed by atoms with van der Waals surface area (Å²) in [5.74, 6) is -0.393. The number of esters is 1. The number of fused-ring (bicyclic) bond motifs is 1. The summed E-state index contributed by atoms with van der Waals surface area (Å²) in [5.41, 5.74) is 0.771. The van der Waals surface area contributed by atoms with E-state index in [4.69, 9.17) is 4.74 Å². The first-order valence-electron chi connectivity index (χ1n) is 6.63. The Morgan fingerprint density at radius 1 is 1.47 bits per heavy atom. The number of allylic oxidation sites excluding steroid dienone is 1. The molecule has 2 atom stereocenters. The highest BCUT2D eigenvalue weighted by atomic mass is 16.5. The molecule has 2 unspecified atom stereocenters. The number of carbonyl (C=O) groups excluding carboxylic acids is 1. The van der Waals surface area contributed by atoms with Crippen molar-refractivity contribution in [3.63, 3.8) is 0 Å². The molecular weight excluding hydrogens is 246 g/mol. The van der Waals surface area contributed by atoms with Gasteiger partial charge in [0.15, 0.2) is 0 Å². The number of aliphatic hydroxyl groups is 2. The number of aliphatic imine (C=N–C) groups is 1. The molecule has 0 aromatic rings. The molecule has 5 heteroatoms. The van der Waals surface area contributed by atoms with E-state index in [0.717, 1.165) is 0 Å². The Bertz CT molecular complexity index is 476. The third-order valence-electron chi connectivity index (χ3n) is 3.52. The number of carbonyl (C=O) groups is 1. The molecule has 0 aromatic carbocycles. The maximum absolute atomic E-state index is 11.9. The summed E-state index contributed by atoms with van der Waals surface area (Å²) in [7, 11) is 0. The topological polar surface area (TPSA) is 79.1 Å². The molecule has 1 aliphatic carbocycles. The molecular formula is C14H19NO4. The highest BCUT2D eigenvalue weighted by molar-refractivity contribution is 6.20. The van der Waals surface area contributed by atoms with Crippen LogP contribution in [0.4, 0.5) is 0 Å². The monoisotopic (exact) mass is 265 g/mol. The fourth-order valence-electron chi connectivity index (χ4n) is 2.58. The lowest BCUT2D eigenvalue weighted by atomic mass is 9.81. The molecule has 2 aliphatic rings. The zero-order valence-electron chi connectivity index (χ0n) is 11.2. The van der Waals surface area contributed by atoms with E-state index < -0.39 is 5.97 Å². The van der Waals surface area contributed by atoms with Gasteiger partial charge in [-0.15, -0.1) is 0 Å². The van der Waals surface area contributed by atoms with E-state index in [1.807, 2.05) is 6.92 Å². The van der Waals surface area contributed by atoms with Gasteiger partial charge in [0.05, 0.1) is 24.1 Å². The van der Waals surface area contributed by atoms with E-state index in [2.05, 4.69) is 4.99 Å². The first kappa shape index (κ1) is 13.6. The van der Waals surface area contributed by atoms with E-state index in [-0.39, 0.29) is 29.9 Å². The van der Waals surface area contributed by atoms with Crippen LogP contribution >= 0.6 is 0 Å². The number of nitrogens with zero attached hydrogens (tertiary/aromatic N) is 1. The molecule has 2 N–H and O–H groups in total. The third kappa shape index (κ3) is 2.50. The Morgan fingerprint density at radius 2 is 2.21 bits per heavy atom. The molecule has 1 aliphatic heterocycles. The number of rotatable bonds is 3. The summed E-state index contributed by atoms with van der Waals surface area (Å²) in [6.45, 7) is 3.87. The average Bonchev–Trinajstić information content (AvgIpc) is 2.38. The standard InChI is InChI=1S/C14H19NO4/c1-3-10-12(14(18)19-4-2)13(17)9-6-5-8(16)7-11(9)15-10/h5,9,11,16-17H,3-4,6-7H2,1-2H3. The second-order valence-electron chi connectivity index (χ2n) is 4.72. The Labute approximate surface area is 112 Å². The number of aliphatic hydroxyl groups excluding tert-OH is 2. The van der Waals surface area contributed by atoms with Gasteiger partial charge in [0, 0.05) is 12.3 Å². The molecule has 2 rings (SSSR count). The molecule has 0 radical (unpaired) electrons. The molecule has 5 nitrogen and oxygen atoms in total. The minimum atomic E-state index is -0.516. The highest BCUT2D eigenvalue weighted by Crippen LogP contribution is 2.36. The Morgan fingerprint density at radius 3 is 2.84 bits per heavy atom. The van der Waals surface area contributed by atoms with Crippen LogP contribution < -0.4 is 0 Å². The maximum atomic E-state index is 11.9. The van der Waals surface area contributed by atoms with Gasteiger partial charge < -0.3 is 14.9 Å². The number of ether oxygens (including phenoxy) is 1. The Hall–Kier alpha value is -1.78. The molecule has 0 saturated heterocycles. The number of hydrogen-bond donors (Lipinski definition) is 2. The van der Waals surface area contributed by atoms with Gasteiger partial charge in [-0.1, -0.05) is 6.92 Å². The van der Waals surface area contributed by atoms with Crippen LogP contribution in [-0.2, 0) is 9.53 Å². The van der Waals surface area contributed by atoms with Crippen LogP contribution in [0.15, 0.2) is 28.2 Å². The summed E-state index contributed by atoms with van der Waals surface area (Å²) >= 11 is 0. The molecule has 0 aromatic heterocycles. The first-order chi connectivity index (χ1) is 9.08. The van der Waals surface area contributed by atoms with Gasteiger partial charge in [-0.25, -0.2) is 4.79 Å². The van der Waals surface area contributed by atoms with Crippen molar-refractivity contribution in [3.8, 4) is 0 Å². The van der Waals surface area contributed by atoms with Crippen molar-refractivity contribution in [2.24, 2.45) is 10.9 Å². The predicted molar refractivity (Wildman–Crippen MR) is 71.2 cm³/mol. The number of hydrogen-bond acceptors (Lipinski definition) is 5. The zero-order chi connectivity index (χ0) is 14.0. The second kappa shape index (κ2) is 5.47. The molecule has 0 fully saturated rings. The fraction of sp³-hybridized carbons (Fsp3) is 0.571. The van der Waals surface area contributed by atoms with E-state index >= 15 is 0 Å². The third-order valence-corrected chi connectivity index (χ3v) is 3.52. The number of dihydropyridines is 1. The zero-order valence-corrected chi connectivity index (χ0v) is 11.2. The molecule has 104 valence electrons. The van der Waals surface area contributed by atoms with Gasteiger partial charge in [0.2, 0.25) is 0 Å². The minimum absolute atomic E-state index is 0.0547. The van der Waals surface area contributed by atoms with Crippen molar-refractivity contribution < 1.29 is 19.7 Å². The lowest BCUT2D eigenvalue weighted by Crippen LogP contribution is -2.34.